The molecule has 4 rings (SSSR count). The van der Waals surface area contributed by atoms with Crippen LogP contribution in [0.15, 0.2) is 30.3 Å². The van der Waals surface area contributed by atoms with Gasteiger partial charge < -0.3 is 76.7 Å². The first-order valence-corrected chi connectivity index (χ1v) is 21.2. The van der Waals surface area contributed by atoms with E-state index in [0.717, 1.165) is 62.3 Å². The lowest BCUT2D eigenvalue weighted by Crippen LogP contribution is -2.70. The third-order valence-electron chi connectivity index (χ3n) is 9.91. The van der Waals surface area contributed by atoms with Crippen LogP contribution < -0.4 is 5.32 Å². The number of hydrogen-bond acceptors (Lipinski definition) is 24. The van der Waals surface area contributed by atoms with E-state index in [1.54, 1.807) is 30.3 Å². The average molecular weight is 972 g/mol. The van der Waals surface area contributed by atoms with Crippen LogP contribution in [-0.2, 0) is 116 Å². The number of rotatable bonds is 19. The normalized spacial score (nSPS) is 31.1. The smallest absolute Gasteiger partial charge is 0.303 e. The summed E-state index contributed by atoms with van der Waals surface area (Å²) >= 11 is 0. The molecule has 15 atom stereocenters. The first-order valence-electron chi connectivity index (χ1n) is 21.2. The van der Waals surface area contributed by atoms with Crippen molar-refractivity contribution in [1.29, 1.82) is 0 Å². The lowest BCUT2D eigenvalue weighted by atomic mass is 9.94. The molecule has 0 unspecified atom stereocenters. The summed E-state index contributed by atoms with van der Waals surface area (Å²) in [7, 11) is 0. The van der Waals surface area contributed by atoms with Gasteiger partial charge in [0, 0.05) is 62.3 Å². The zero-order chi connectivity index (χ0) is 50.4. The molecule has 3 heterocycles. The van der Waals surface area contributed by atoms with Crippen LogP contribution in [0.3, 0.4) is 0 Å². The van der Waals surface area contributed by atoms with Gasteiger partial charge in [0.15, 0.2) is 55.5 Å². The van der Waals surface area contributed by atoms with Gasteiger partial charge in [0.25, 0.3) is 0 Å². The number of esters is 8. The van der Waals surface area contributed by atoms with Crippen molar-refractivity contribution >= 4 is 53.7 Å². The Morgan fingerprint density at radius 2 is 0.853 bits per heavy atom. The zero-order valence-corrected chi connectivity index (χ0v) is 38.7. The van der Waals surface area contributed by atoms with E-state index in [1.165, 1.54) is 0 Å². The average Bonchev–Trinajstić information content (AvgIpc) is 3.22. The van der Waals surface area contributed by atoms with Crippen LogP contribution >= 0.6 is 0 Å². The summed E-state index contributed by atoms with van der Waals surface area (Å²) in [5.41, 5.74) is 0.697. The summed E-state index contributed by atoms with van der Waals surface area (Å²) in [5, 5.41) is 14.2. The first-order chi connectivity index (χ1) is 32.0. The quantitative estimate of drug-likeness (QED) is 0.129. The Bertz CT molecular complexity index is 1950. The van der Waals surface area contributed by atoms with Gasteiger partial charge in [0.2, 0.25) is 5.91 Å². The largest absolute Gasteiger partial charge is 0.463 e. The second-order valence-electron chi connectivity index (χ2n) is 15.6. The maximum absolute atomic E-state index is 12.9. The number of nitrogens with one attached hydrogen (secondary N) is 1. The van der Waals surface area contributed by atoms with Crippen LogP contribution in [-0.4, -0.2) is 171 Å². The fraction of sp³-hybridized carbons (Fsp3) is 0.651. The van der Waals surface area contributed by atoms with Gasteiger partial charge in [-0.05, 0) is 5.56 Å². The minimum atomic E-state index is -1.98. The van der Waals surface area contributed by atoms with E-state index in [9.17, 15) is 48.3 Å². The van der Waals surface area contributed by atoms with E-state index in [4.69, 9.17) is 66.3 Å². The number of carbonyl (C=O) groups is 9. The number of aliphatic hydroxyl groups is 1. The molecule has 68 heavy (non-hydrogen) atoms. The summed E-state index contributed by atoms with van der Waals surface area (Å²) in [5.74, 6) is -8.11. The Hall–Kier alpha value is -5.83. The third-order valence-corrected chi connectivity index (χ3v) is 9.91. The number of carbonyl (C=O) groups excluding carboxylic acids is 9. The summed E-state index contributed by atoms with van der Waals surface area (Å²) in [4.78, 5) is 113. The fourth-order valence-electron chi connectivity index (χ4n) is 7.54. The molecule has 0 bridgehead atoms. The van der Waals surface area contributed by atoms with Gasteiger partial charge >= 0.3 is 47.8 Å². The summed E-state index contributed by atoms with van der Waals surface area (Å²) in [6.45, 7) is 7.47. The highest BCUT2D eigenvalue weighted by Gasteiger charge is 2.59. The predicted molar refractivity (Wildman–Crippen MR) is 218 cm³/mol. The van der Waals surface area contributed by atoms with Gasteiger partial charge in [0.05, 0.1) is 13.2 Å². The van der Waals surface area contributed by atoms with Gasteiger partial charge in [-0.1, -0.05) is 30.3 Å². The summed E-state index contributed by atoms with van der Waals surface area (Å²) in [6, 6.07) is 7.12. The van der Waals surface area contributed by atoms with Crippen LogP contribution in [0.25, 0.3) is 0 Å². The fourth-order valence-corrected chi connectivity index (χ4v) is 7.54. The molecule has 3 fully saturated rings. The molecule has 0 radical (unpaired) electrons. The number of ether oxygens (including phenoxy) is 14. The minimum Gasteiger partial charge on any atom is -0.463 e. The van der Waals surface area contributed by atoms with E-state index < -0.39 is 166 Å². The Balaban J connectivity index is 1.95. The maximum atomic E-state index is 12.9. The van der Waals surface area contributed by atoms with Crippen molar-refractivity contribution in [2.75, 3.05) is 19.8 Å². The van der Waals surface area contributed by atoms with Gasteiger partial charge in [0.1, 0.15) is 49.8 Å². The Morgan fingerprint density at radius 3 is 1.25 bits per heavy atom. The van der Waals surface area contributed by atoms with E-state index in [2.05, 4.69) is 5.32 Å². The second-order valence-corrected chi connectivity index (χ2v) is 15.6. The van der Waals surface area contributed by atoms with Crippen LogP contribution in [0, 0.1) is 0 Å². The molecule has 3 saturated heterocycles. The van der Waals surface area contributed by atoms with Crippen molar-refractivity contribution in [2.45, 2.75) is 161 Å². The number of benzene rings is 1. The summed E-state index contributed by atoms with van der Waals surface area (Å²) in [6.07, 6.45) is -24.3. The van der Waals surface area contributed by atoms with Gasteiger partial charge in [-0.25, -0.2) is 0 Å². The van der Waals surface area contributed by atoms with Crippen molar-refractivity contribution < 1.29 is 115 Å². The van der Waals surface area contributed by atoms with Crippen LogP contribution in [0.4, 0.5) is 0 Å². The number of amides is 1. The molecule has 0 aromatic heterocycles. The first kappa shape index (κ1) is 54.8. The monoisotopic (exact) mass is 971 g/mol. The highest BCUT2D eigenvalue weighted by Crippen LogP contribution is 2.37. The molecule has 0 aliphatic carbocycles. The van der Waals surface area contributed by atoms with Crippen LogP contribution in [0.2, 0.25) is 0 Å². The van der Waals surface area contributed by atoms with Crippen molar-refractivity contribution in [1.82, 2.24) is 5.32 Å². The minimum absolute atomic E-state index is 0.0388. The van der Waals surface area contributed by atoms with Crippen molar-refractivity contribution in [3.63, 3.8) is 0 Å². The maximum Gasteiger partial charge on any atom is 0.303 e. The van der Waals surface area contributed by atoms with Gasteiger partial charge in [-0.15, -0.1) is 0 Å². The third kappa shape index (κ3) is 16.2. The molecule has 3 aliphatic heterocycles. The topological polar surface area (TPSA) is 315 Å². The Labute approximate surface area is 389 Å². The van der Waals surface area contributed by atoms with E-state index in [1.807, 2.05) is 0 Å². The molecule has 25 heteroatoms. The zero-order valence-electron chi connectivity index (χ0n) is 38.7. The standard InChI is InChI=1S/C43H57NO24/c1-19(45)44-32-36(68-43-40(63-27(9)53)38(61-25(7)51)35(59-23(5)49)31(66-43)18-57-21(3)47)33(29(64-41(32)54)16-55-15-28-13-11-10-12-14-28)67-42-39(62-26(8)52)37(60-24(6)50)34(58-22(4)48)30(65-42)17-56-20(2)46/h10-14,29-43,54H,15-18H2,1-9H3,(H,44,45)/t29-,30-,31-,32-,33-,34-,35-,36-,37+,38+,39-,40+,41-,42+,43-/m1/s1. The Kier molecular flexibility index (Phi) is 20.5. The van der Waals surface area contributed by atoms with Crippen molar-refractivity contribution in [3.8, 4) is 0 Å². The van der Waals surface area contributed by atoms with Crippen LogP contribution in [0.5, 0.6) is 0 Å². The van der Waals surface area contributed by atoms with Crippen molar-refractivity contribution in [3.05, 3.63) is 35.9 Å². The van der Waals surface area contributed by atoms with E-state index >= 15 is 0 Å². The van der Waals surface area contributed by atoms with Crippen molar-refractivity contribution in [2.24, 2.45) is 0 Å². The van der Waals surface area contributed by atoms with Gasteiger partial charge in [-0.3, -0.25) is 43.2 Å². The lowest BCUT2D eigenvalue weighted by Gasteiger charge is -2.50. The second kappa shape index (κ2) is 25.5. The molecular weight excluding hydrogens is 914 g/mol. The highest BCUT2D eigenvalue weighted by molar-refractivity contribution is 5.73. The molecule has 0 saturated carbocycles. The van der Waals surface area contributed by atoms with Crippen LogP contribution in [0.1, 0.15) is 67.9 Å². The molecule has 2 N–H and O–H groups in total. The number of aliphatic hydroxyl groups excluding tert-OH is 1. The van der Waals surface area contributed by atoms with Gasteiger partial charge in [-0.2, -0.15) is 0 Å². The lowest BCUT2D eigenvalue weighted by molar-refractivity contribution is -0.373. The molecule has 1 aromatic carbocycles. The molecule has 378 valence electrons. The van der Waals surface area contributed by atoms with E-state index in [-0.39, 0.29) is 6.61 Å². The molecule has 0 spiro atoms. The Morgan fingerprint density at radius 1 is 0.471 bits per heavy atom. The SMILES string of the molecule is CC(=O)N[C@@H]1[C@@H](O[C@H]2O[C@H](COC(C)=O)[C@@H](OC(C)=O)[C@H](OC(C)=O)[C@@H]2OC(C)=O)[C@H](O[C@@H]2O[C@H](COC(C)=O)[C@@H](OC(C)=O)[C@H](OC(C)=O)[C@H]2OC(C)=O)[C@@H](COCc2ccccc2)O[C@H]1O. The molecule has 25 nitrogen and oxygen atoms in total. The molecule has 3 aliphatic rings. The molecular formula is C43H57NO24. The highest BCUT2D eigenvalue weighted by atomic mass is 16.8. The number of hydrogen-bond donors (Lipinski definition) is 2. The van der Waals surface area contributed by atoms with E-state index in [0.29, 0.717) is 5.56 Å². The summed E-state index contributed by atoms with van der Waals surface area (Å²) < 4.78 is 81.4. The molecule has 1 amide bonds. The molecule has 1 aromatic rings. The predicted octanol–water partition coefficient (Wildman–Crippen LogP) is -0.638.